The van der Waals surface area contributed by atoms with Crippen LogP contribution in [0.4, 0.5) is 0 Å². The molecule has 4 rings (SSSR count). The summed E-state index contributed by atoms with van der Waals surface area (Å²) in [7, 11) is 0. The van der Waals surface area contributed by atoms with Gasteiger partial charge in [0.25, 0.3) is 0 Å². The number of hydrogen-bond donors (Lipinski definition) is 0. The number of fused-ring (bicyclic) bond motifs is 5. The number of carbonyl (C=O) groups is 2. The van der Waals surface area contributed by atoms with Crippen molar-refractivity contribution >= 4 is 11.8 Å². The van der Waals surface area contributed by atoms with Crippen LogP contribution < -0.4 is 4.74 Å². The molecule has 0 spiro atoms. The Kier molecular flexibility index (Phi) is 12.4. The van der Waals surface area contributed by atoms with Crippen LogP contribution in [0.25, 0.3) is 0 Å². The molecule has 3 aliphatic rings. The highest BCUT2D eigenvalue weighted by Gasteiger charge is 2.54. The standard InChI is InChI=1S/C37H56O3/c1-3-4-5-6-7-8-9-10-11-12-13-14-15-16-17-21-36(39)40-30-22-23-31-29(28-30)19-18-20-33-32(31)26-27-37(2)34(33)24-25-35(37)38/h10-11,22-23,28,32-34H,3-9,12-21,24-27H2,1-2H3/b11-10-/t32-,33-,34+,37?/m1/s1. The van der Waals surface area contributed by atoms with Crippen molar-refractivity contribution in [2.45, 2.75) is 155 Å². The summed E-state index contributed by atoms with van der Waals surface area (Å²) < 4.78 is 5.78. The van der Waals surface area contributed by atoms with Gasteiger partial charge in [-0.15, -0.1) is 0 Å². The zero-order valence-electron chi connectivity index (χ0n) is 25.7. The van der Waals surface area contributed by atoms with Crippen molar-refractivity contribution in [3.63, 3.8) is 0 Å². The van der Waals surface area contributed by atoms with Gasteiger partial charge in [-0.2, -0.15) is 0 Å². The number of hydrogen-bond acceptors (Lipinski definition) is 3. The van der Waals surface area contributed by atoms with Crippen LogP contribution in [0, 0.1) is 17.3 Å². The molecule has 1 aromatic carbocycles. The Morgan fingerprint density at radius 3 is 2.35 bits per heavy atom. The van der Waals surface area contributed by atoms with Crippen molar-refractivity contribution < 1.29 is 14.3 Å². The largest absolute Gasteiger partial charge is 0.427 e. The quantitative estimate of drug-likeness (QED) is 0.0893. The van der Waals surface area contributed by atoms with Crippen molar-refractivity contribution in [3.05, 3.63) is 41.5 Å². The van der Waals surface area contributed by atoms with Gasteiger partial charge in [0.2, 0.25) is 0 Å². The molecule has 0 bridgehead atoms. The third-order valence-corrected chi connectivity index (χ3v) is 10.5. The van der Waals surface area contributed by atoms with Crippen LogP contribution in [0.5, 0.6) is 5.75 Å². The maximum absolute atomic E-state index is 12.7. The summed E-state index contributed by atoms with van der Waals surface area (Å²) in [5.74, 6) is 2.86. The molecule has 0 radical (unpaired) electrons. The predicted octanol–water partition coefficient (Wildman–Crippen LogP) is 10.4. The summed E-state index contributed by atoms with van der Waals surface area (Å²) in [6.07, 6.45) is 29.1. The molecule has 1 aromatic rings. The maximum Gasteiger partial charge on any atom is 0.311 e. The van der Waals surface area contributed by atoms with E-state index >= 15 is 0 Å². The van der Waals surface area contributed by atoms with Crippen LogP contribution in [0.2, 0.25) is 0 Å². The van der Waals surface area contributed by atoms with Gasteiger partial charge in [0.1, 0.15) is 11.5 Å². The molecule has 2 saturated carbocycles. The fourth-order valence-corrected chi connectivity index (χ4v) is 8.12. The number of Topliss-reactive ketones (excluding diaryl/α,β-unsaturated/α-hetero) is 1. The van der Waals surface area contributed by atoms with Gasteiger partial charge in [0.15, 0.2) is 0 Å². The van der Waals surface area contributed by atoms with Crippen molar-refractivity contribution in [1.82, 2.24) is 0 Å². The van der Waals surface area contributed by atoms with E-state index in [1.165, 1.54) is 94.6 Å². The lowest BCUT2D eigenvalue weighted by Gasteiger charge is -2.45. The lowest BCUT2D eigenvalue weighted by Crippen LogP contribution is -2.40. The summed E-state index contributed by atoms with van der Waals surface area (Å²) in [6.45, 7) is 4.52. The Morgan fingerprint density at radius 2 is 1.60 bits per heavy atom. The van der Waals surface area contributed by atoms with E-state index in [0.29, 0.717) is 35.7 Å². The van der Waals surface area contributed by atoms with E-state index in [9.17, 15) is 9.59 Å². The fraction of sp³-hybridized carbons (Fsp3) is 0.730. The number of rotatable bonds is 16. The second-order valence-electron chi connectivity index (χ2n) is 13.4. The van der Waals surface area contributed by atoms with E-state index in [1.807, 2.05) is 6.07 Å². The van der Waals surface area contributed by atoms with Gasteiger partial charge in [-0.05, 0) is 112 Å². The molecular weight excluding hydrogens is 492 g/mol. The van der Waals surface area contributed by atoms with Crippen LogP contribution in [0.15, 0.2) is 30.4 Å². The average molecular weight is 549 g/mol. The second kappa shape index (κ2) is 15.9. The number of benzene rings is 1. The number of carbonyl (C=O) groups excluding carboxylic acids is 2. The first-order valence-electron chi connectivity index (χ1n) is 17.0. The van der Waals surface area contributed by atoms with Gasteiger partial charge in [-0.25, -0.2) is 0 Å². The Balaban J connectivity index is 1.10. The van der Waals surface area contributed by atoms with Crippen molar-refractivity contribution in [2.24, 2.45) is 17.3 Å². The number of ketones is 1. The monoisotopic (exact) mass is 548 g/mol. The maximum atomic E-state index is 12.7. The number of allylic oxidation sites excluding steroid dienone is 2. The highest BCUT2D eigenvalue weighted by molar-refractivity contribution is 5.87. The van der Waals surface area contributed by atoms with Crippen LogP contribution >= 0.6 is 0 Å². The molecule has 3 aliphatic carbocycles. The highest BCUT2D eigenvalue weighted by atomic mass is 16.5. The van der Waals surface area contributed by atoms with Crippen molar-refractivity contribution in [1.29, 1.82) is 0 Å². The van der Waals surface area contributed by atoms with E-state index < -0.39 is 0 Å². The van der Waals surface area contributed by atoms with Crippen LogP contribution in [0.3, 0.4) is 0 Å². The molecule has 4 atom stereocenters. The summed E-state index contributed by atoms with van der Waals surface area (Å²) in [6, 6.07) is 6.40. The first-order valence-corrected chi connectivity index (χ1v) is 17.0. The smallest absolute Gasteiger partial charge is 0.311 e. The third-order valence-electron chi connectivity index (χ3n) is 10.5. The molecule has 0 aliphatic heterocycles. The molecule has 0 saturated heterocycles. The number of unbranched alkanes of at least 4 members (excludes halogenated alkanes) is 11. The van der Waals surface area contributed by atoms with Gasteiger partial charge in [-0.1, -0.05) is 83.4 Å². The lowest BCUT2D eigenvalue weighted by molar-refractivity contribution is -0.134. The molecular formula is C37H56O3. The molecule has 1 unspecified atom stereocenters. The van der Waals surface area contributed by atoms with E-state index in [-0.39, 0.29) is 11.4 Å². The molecule has 2 fully saturated rings. The average Bonchev–Trinajstić information content (AvgIpc) is 3.13. The number of esters is 1. The SMILES string of the molecule is CCCCCCCC/C=C\CCCCCCCC(=O)Oc1ccc2c(c1)CCC[C@@H]1[C@@H]2CCC2(C)C(=O)CC[C@@H]12. The first-order chi connectivity index (χ1) is 19.5. The molecule has 40 heavy (non-hydrogen) atoms. The summed E-state index contributed by atoms with van der Waals surface area (Å²) >= 11 is 0. The van der Waals surface area contributed by atoms with Crippen molar-refractivity contribution in [3.8, 4) is 5.75 Å². The third kappa shape index (κ3) is 8.32. The Bertz CT molecular complexity index is 978. The Hall–Kier alpha value is -1.90. The summed E-state index contributed by atoms with van der Waals surface area (Å²) in [5, 5.41) is 0. The van der Waals surface area contributed by atoms with Crippen molar-refractivity contribution in [2.75, 3.05) is 0 Å². The van der Waals surface area contributed by atoms with Crippen LogP contribution in [0.1, 0.15) is 159 Å². The predicted molar refractivity (Wildman–Crippen MR) is 166 cm³/mol. The minimum absolute atomic E-state index is 0.0782. The van der Waals surface area contributed by atoms with Crippen LogP contribution in [-0.4, -0.2) is 11.8 Å². The fourth-order valence-electron chi connectivity index (χ4n) is 8.12. The molecule has 222 valence electrons. The summed E-state index contributed by atoms with van der Waals surface area (Å²) in [4.78, 5) is 25.2. The number of aryl methyl sites for hydroxylation is 1. The van der Waals surface area contributed by atoms with E-state index in [2.05, 4.69) is 38.1 Å². The van der Waals surface area contributed by atoms with Gasteiger partial charge in [-0.3, -0.25) is 9.59 Å². The zero-order chi connectivity index (χ0) is 28.2. The molecule has 0 N–H and O–H groups in total. The minimum atomic E-state index is -0.0954. The van der Waals surface area contributed by atoms with Crippen LogP contribution in [-0.2, 0) is 16.0 Å². The topological polar surface area (TPSA) is 43.4 Å². The zero-order valence-corrected chi connectivity index (χ0v) is 25.7. The van der Waals surface area contributed by atoms with Gasteiger partial charge >= 0.3 is 5.97 Å². The van der Waals surface area contributed by atoms with E-state index in [4.69, 9.17) is 4.74 Å². The molecule has 3 nitrogen and oxygen atoms in total. The minimum Gasteiger partial charge on any atom is -0.427 e. The van der Waals surface area contributed by atoms with E-state index in [0.717, 1.165) is 44.9 Å². The Labute approximate surface area is 244 Å². The second-order valence-corrected chi connectivity index (χ2v) is 13.4. The molecule has 0 aromatic heterocycles. The molecule has 3 heteroatoms. The molecule has 0 heterocycles. The van der Waals surface area contributed by atoms with E-state index in [1.54, 1.807) is 0 Å². The van der Waals surface area contributed by atoms with Gasteiger partial charge in [0, 0.05) is 18.3 Å². The number of ether oxygens (including phenoxy) is 1. The van der Waals surface area contributed by atoms with Gasteiger partial charge in [0.05, 0.1) is 0 Å². The first kappa shape index (κ1) is 31.0. The normalized spacial score (nSPS) is 25.9. The Morgan fingerprint density at radius 1 is 0.900 bits per heavy atom. The lowest BCUT2D eigenvalue weighted by atomic mass is 9.58. The van der Waals surface area contributed by atoms with Gasteiger partial charge < -0.3 is 4.74 Å². The summed E-state index contributed by atoms with van der Waals surface area (Å²) in [5.41, 5.74) is 2.75. The molecule has 0 amide bonds. The highest BCUT2D eigenvalue weighted by Crippen LogP contribution is 2.59.